The number of nitrogens with one attached hydrogen (secondary N) is 1. The van der Waals surface area contributed by atoms with Crippen molar-refractivity contribution < 1.29 is 14.3 Å². The maximum atomic E-state index is 12.4. The van der Waals surface area contributed by atoms with Crippen molar-refractivity contribution in [2.24, 2.45) is 0 Å². The molecule has 3 rings (SSSR count). The average Bonchev–Trinajstić information content (AvgIpc) is 3.21. The molecule has 1 atom stereocenters. The van der Waals surface area contributed by atoms with Gasteiger partial charge in [-0.25, -0.2) is 0 Å². The minimum atomic E-state index is -0.261. The summed E-state index contributed by atoms with van der Waals surface area (Å²) < 4.78 is 5.24. The van der Waals surface area contributed by atoms with Gasteiger partial charge in [0.15, 0.2) is 0 Å². The molecule has 1 heterocycles. The Morgan fingerprint density at radius 1 is 1.12 bits per heavy atom. The predicted octanol–water partition coefficient (Wildman–Crippen LogP) is 3.08. The molecule has 0 spiro atoms. The van der Waals surface area contributed by atoms with Crippen LogP contribution in [0.25, 0.3) is 10.8 Å². The van der Waals surface area contributed by atoms with E-state index in [1.54, 1.807) is 7.11 Å². The van der Waals surface area contributed by atoms with Crippen molar-refractivity contribution in [3.8, 4) is 5.75 Å². The lowest BCUT2D eigenvalue weighted by Crippen LogP contribution is -2.34. The molecule has 1 fully saturated rings. The number of benzene rings is 2. The minimum absolute atomic E-state index is 0.0490. The van der Waals surface area contributed by atoms with Gasteiger partial charge in [0, 0.05) is 26.1 Å². The lowest BCUT2D eigenvalue weighted by molar-refractivity contribution is -0.130. The fourth-order valence-corrected chi connectivity index (χ4v) is 3.36. The normalized spacial score (nSPS) is 15.1. The van der Waals surface area contributed by atoms with Crippen LogP contribution in [0.3, 0.4) is 0 Å². The number of hydrogen-bond donors (Lipinski definition) is 1. The Balaban J connectivity index is 1.57. The van der Waals surface area contributed by atoms with E-state index in [0.717, 1.165) is 48.0 Å². The van der Waals surface area contributed by atoms with E-state index in [1.807, 2.05) is 48.2 Å². The van der Waals surface area contributed by atoms with Crippen molar-refractivity contribution in [3.05, 3.63) is 42.0 Å². The van der Waals surface area contributed by atoms with E-state index in [4.69, 9.17) is 4.74 Å². The van der Waals surface area contributed by atoms with Gasteiger partial charge in [0.1, 0.15) is 5.75 Å². The van der Waals surface area contributed by atoms with Crippen LogP contribution in [0.15, 0.2) is 36.4 Å². The quantitative estimate of drug-likeness (QED) is 0.867. The van der Waals surface area contributed by atoms with E-state index in [-0.39, 0.29) is 17.7 Å². The second-order valence-electron chi connectivity index (χ2n) is 6.82. The molecule has 0 radical (unpaired) electrons. The van der Waals surface area contributed by atoms with Crippen LogP contribution in [0, 0.1) is 0 Å². The van der Waals surface area contributed by atoms with Crippen LogP contribution < -0.4 is 10.1 Å². The van der Waals surface area contributed by atoms with Crippen molar-refractivity contribution in [1.29, 1.82) is 0 Å². The van der Waals surface area contributed by atoms with E-state index in [0.29, 0.717) is 13.0 Å². The Hall–Kier alpha value is -2.56. The zero-order valence-corrected chi connectivity index (χ0v) is 15.5. The number of nitrogens with zero attached hydrogens (tertiary/aromatic N) is 1. The molecule has 2 amide bonds. The molecular formula is C21H26N2O3. The number of rotatable bonds is 6. The molecule has 0 aromatic heterocycles. The maximum absolute atomic E-state index is 12.4. The van der Waals surface area contributed by atoms with Crippen LogP contribution in [0.5, 0.6) is 5.75 Å². The summed E-state index contributed by atoms with van der Waals surface area (Å²) in [6.07, 6.45) is 2.54. The molecule has 1 aliphatic rings. The molecule has 0 aliphatic carbocycles. The van der Waals surface area contributed by atoms with Crippen molar-refractivity contribution in [3.63, 3.8) is 0 Å². The van der Waals surface area contributed by atoms with E-state index >= 15 is 0 Å². The predicted molar refractivity (Wildman–Crippen MR) is 102 cm³/mol. The monoisotopic (exact) mass is 354 g/mol. The van der Waals surface area contributed by atoms with Gasteiger partial charge >= 0.3 is 0 Å². The molecule has 0 saturated carbocycles. The van der Waals surface area contributed by atoms with Crippen LogP contribution in [-0.4, -0.2) is 43.5 Å². The number of likely N-dealkylation sites (tertiary alicyclic amines) is 1. The molecule has 5 heteroatoms. The molecule has 1 aliphatic heterocycles. The van der Waals surface area contributed by atoms with Crippen LogP contribution >= 0.6 is 0 Å². The number of carbonyl (C=O) groups excluding carboxylic acids is 2. The number of hydrogen-bond acceptors (Lipinski definition) is 3. The summed E-state index contributed by atoms with van der Waals surface area (Å²) in [7, 11) is 1.65. The minimum Gasteiger partial charge on any atom is -0.497 e. The highest BCUT2D eigenvalue weighted by atomic mass is 16.5. The molecule has 5 nitrogen and oxygen atoms in total. The molecule has 26 heavy (non-hydrogen) atoms. The van der Waals surface area contributed by atoms with E-state index < -0.39 is 0 Å². The average molecular weight is 354 g/mol. The summed E-state index contributed by atoms with van der Waals surface area (Å²) in [5, 5.41) is 5.05. The summed E-state index contributed by atoms with van der Waals surface area (Å²) in [4.78, 5) is 26.3. The Kier molecular flexibility index (Phi) is 5.76. The first kappa shape index (κ1) is 18.2. The fourth-order valence-electron chi connectivity index (χ4n) is 3.36. The van der Waals surface area contributed by atoms with Gasteiger partial charge in [0.2, 0.25) is 11.8 Å². The summed E-state index contributed by atoms with van der Waals surface area (Å²) >= 11 is 0. The Morgan fingerprint density at radius 3 is 2.54 bits per heavy atom. The highest BCUT2D eigenvalue weighted by molar-refractivity contribution is 5.88. The number of carbonyl (C=O) groups is 2. The summed E-state index contributed by atoms with van der Waals surface area (Å²) in [6.45, 7) is 3.99. The van der Waals surface area contributed by atoms with Gasteiger partial charge in [0.25, 0.3) is 0 Å². The van der Waals surface area contributed by atoms with Gasteiger partial charge in [-0.15, -0.1) is 0 Å². The van der Waals surface area contributed by atoms with Gasteiger partial charge in [-0.05, 0) is 48.2 Å². The smallest absolute Gasteiger partial charge is 0.227 e. The Bertz CT molecular complexity index is 797. The third-order valence-electron chi connectivity index (χ3n) is 5.06. The number of fused-ring (bicyclic) bond motifs is 1. The van der Waals surface area contributed by atoms with Gasteiger partial charge in [0.05, 0.1) is 13.0 Å². The molecule has 138 valence electrons. The molecule has 1 N–H and O–H groups in total. The third kappa shape index (κ3) is 4.15. The van der Waals surface area contributed by atoms with Crippen LogP contribution in [0.1, 0.15) is 37.7 Å². The standard InChI is InChI=1S/C21H26N2O3/c1-15(21(25)22-10-9-20(24)23-11-3-4-12-23)16-5-6-18-14-19(26-2)8-7-17(18)13-16/h5-8,13-15H,3-4,9-12H2,1-2H3,(H,22,25)/t15-/m0/s1. The first-order chi connectivity index (χ1) is 12.6. The zero-order chi connectivity index (χ0) is 18.5. The first-order valence-corrected chi connectivity index (χ1v) is 9.21. The molecule has 0 unspecified atom stereocenters. The SMILES string of the molecule is COc1ccc2cc([C@H](C)C(=O)NCCC(=O)N3CCCC3)ccc2c1. The highest BCUT2D eigenvalue weighted by Crippen LogP contribution is 2.25. The third-order valence-corrected chi connectivity index (χ3v) is 5.06. The number of amides is 2. The maximum Gasteiger partial charge on any atom is 0.227 e. The van der Waals surface area contributed by atoms with Gasteiger partial charge in [-0.1, -0.05) is 24.3 Å². The van der Waals surface area contributed by atoms with Crippen molar-refractivity contribution in [2.45, 2.75) is 32.1 Å². The van der Waals surface area contributed by atoms with Crippen LogP contribution in [-0.2, 0) is 9.59 Å². The van der Waals surface area contributed by atoms with Crippen molar-refractivity contribution >= 4 is 22.6 Å². The van der Waals surface area contributed by atoms with Gasteiger partial charge in [-0.3, -0.25) is 9.59 Å². The fraction of sp³-hybridized carbons (Fsp3) is 0.429. The topological polar surface area (TPSA) is 58.6 Å². The van der Waals surface area contributed by atoms with E-state index in [9.17, 15) is 9.59 Å². The van der Waals surface area contributed by atoms with Gasteiger partial charge < -0.3 is 15.0 Å². The summed E-state index contributed by atoms with van der Waals surface area (Å²) in [6, 6.07) is 11.9. The summed E-state index contributed by atoms with van der Waals surface area (Å²) in [5.41, 5.74) is 0.964. The molecule has 1 saturated heterocycles. The van der Waals surface area contributed by atoms with E-state index in [2.05, 4.69) is 5.32 Å². The Labute approximate surface area is 154 Å². The zero-order valence-electron chi connectivity index (χ0n) is 15.5. The second-order valence-corrected chi connectivity index (χ2v) is 6.82. The molecule has 2 aromatic rings. The molecular weight excluding hydrogens is 328 g/mol. The number of ether oxygens (including phenoxy) is 1. The van der Waals surface area contributed by atoms with Crippen LogP contribution in [0.2, 0.25) is 0 Å². The van der Waals surface area contributed by atoms with E-state index in [1.165, 1.54) is 0 Å². The van der Waals surface area contributed by atoms with Crippen LogP contribution in [0.4, 0.5) is 0 Å². The lowest BCUT2D eigenvalue weighted by atomic mass is 9.97. The summed E-state index contributed by atoms with van der Waals surface area (Å²) in [5.74, 6) is 0.643. The highest BCUT2D eigenvalue weighted by Gasteiger charge is 2.19. The second kappa shape index (κ2) is 8.21. The van der Waals surface area contributed by atoms with Crippen molar-refractivity contribution in [1.82, 2.24) is 10.2 Å². The number of methoxy groups -OCH3 is 1. The van der Waals surface area contributed by atoms with Crippen molar-refractivity contribution in [2.75, 3.05) is 26.7 Å². The molecule has 2 aromatic carbocycles. The lowest BCUT2D eigenvalue weighted by Gasteiger charge is -2.16. The first-order valence-electron chi connectivity index (χ1n) is 9.21. The largest absolute Gasteiger partial charge is 0.497 e. The van der Waals surface area contributed by atoms with Gasteiger partial charge in [-0.2, -0.15) is 0 Å². The molecule has 0 bridgehead atoms. The Morgan fingerprint density at radius 2 is 1.81 bits per heavy atom.